The minimum Gasteiger partial charge on any atom is -0.462 e. The van der Waals surface area contributed by atoms with Gasteiger partial charge in [0.1, 0.15) is 6.61 Å². The molecule has 0 radical (unpaired) electrons. The van der Waals surface area contributed by atoms with Gasteiger partial charge in [-0.2, -0.15) is 0 Å². The Morgan fingerprint density at radius 2 is 0.541 bits per heavy atom. The molecule has 0 spiro atoms. The van der Waals surface area contributed by atoms with E-state index in [9.17, 15) is 14.7 Å². The lowest BCUT2D eigenvalue weighted by atomic mass is 10.0. The van der Waals surface area contributed by atoms with Crippen molar-refractivity contribution in [2.45, 2.75) is 380 Å². The molecule has 1 atom stereocenters. The van der Waals surface area contributed by atoms with E-state index in [0.29, 0.717) is 12.8 Å². The highest BCUT2D eigenvalue weighted by atomic mass is 16.6. The summed E-state index contributed by atoms with van der Waals surface area (Å²) in [5.74, 6) is -0.566. The number of hydrogen-bond acceptors (Lipinski definition) is 5. The van der Waals surface area contributed by atoms with E-state index in [2.05, 4.69) is 50.3 Å². The number of carbonyl (C=O) groups excluding carboxylic acids is 2. The number of rotatable bonds is 63. The quantitative estimate of drug-likeness (QED) is 0.0373. The minimum absolute atomic E-state index is 0.0591. The zero-order valence-corrected chi connectivity index (χ0v) is 50.1. The number of hydrogen-bond donors (Lipinski definition) is 1. The molecular formula is C69H130O5. The largest absolute Gasteiger partial charge is 0.462 e. The van der Waals surface area contributed by atoms with Gasteiger partial charge in [-0.25, -0.2) is 0 Å². The molecule has 0 aromatic rings. The van der Waals surface area contributed by atoms with Gasteiger partial charge >= 0.3 is 11.9 Å². The predicted octanol–water partition coefficient (Wildman–Crippen LogP) is 23.0. The maximum Gasteiger partial charge on any atom is 0.306 e. The summed E-state index contributed by atoms with van der Waals surface area (Å²) in [6.07, 6.45) is 86.0. The number of unbranched alkanes of at least 4 members (excludes halogenated alkanes) is 49. The van der Waals surface area contributed by atoms with Crippen molar-refractivity contribution < 1.29 is 24.2 Å². The fourth-order valence-corrected chi connectivity index (χ4v) is 10.4. The van der Waals surface area contributed by atoms with Crippen LogP contribution < -0.4 is 0 Å². The fourth-order valence-electron chi connectivity index (χ4n) is 10.4. The van der Waals surface area contributed by atoms with Crippen molar-refractivity contribution in [3.8, 4) is 0 Å². The molecular weight excluding hydrogens is 909 g/mol. The summed E-state index contributed by atoms with van der Waals surface area (Å²) in [5, 5.41) is 9.69. The number of allylic oxidation sites excluding steroid dienone is 6. The second-order valence-electron chi connectivity index (χ2n) is 22.9. The highest BCUT2D eigenvalue weighted by Crippen LogP contribution is 2.19. The van der Waals surface area contributed by atoms with Crippen LogP contribution in [0.4, 0.5) is 0 Å². The Hall–Kier alpha value is -1.88. The Morgan fingerprint density at radius 1 is 0.311 bits per heavy atom. The smallest absolute Gasteiger partial charge is 0.306 e. The van der Waals surface area contributed by atoms with Crippen molar-refractivity contribution in [2.75, 3.05) is 13.2 Å². The number of aliphatic hydroxyl groups excluding tert-OH is 1. The SMILES string of the molecule is CCCCCCC/C=C\C/C=C\C/C=C\CCCCCCCCCCCCCCCCCCCCC(=O)OC(CO)COC(=O)CCCCCCCCCCCCCCCCCCCCCCCCCCCCC. The third kappa shape index (κ3) is 62.7. The summed E-state index contributed by atoms with van der Waals surface area (Å²) in [4.78, 5) is 24.6. The molecule has 0 aromatic carbocycles. The van der Waals surface area contributed by atoms with Crippen molar-refractivity contribution in [2.24, 2.45) is 0 Å². The van der Waals surface area contributed by atoms with E-state index >= 15 is 0 Å². The highest BCUT2D eigenvalue weighted by molar-refractivity contribution is 5.70. The van der Waals surface area contributed by atoms with Crippen LogP contribution in [0.15, 0.2) is 36.5 Å². The molecule has 0 fully saturated rings. The second-order valence-corrected chi connectivity index (χ2v) is 22.9. The minimum atomic E-state index is -0.769. The lowest BCUT2D eigenvalue weighted by molar-refractivity contribution is -0.161. The molecule has 74 heavy (non-hydrogen) atoms. The van der Waals surface area contributed by atoms with E-state index < -0.39 is 6.10 Å². The third-order valence-corrected chi connectivity index (χ3v) is 15.4. The van der Waals surface area contributed by atoms with E-state index in [1.54, 1.807) is 0 Å². The van der Waals surface area contributed by atoms with Crippen molar-refractivity contribution in [1.82, 2.24) is 0 Å². The van der Waals surface area contributed by atoms with Gasteiger partial charge in [-0.05, 0) is 51.4 Å². The van der Waals surface area contributed by atoms with Crippen LogP contribution >= 0.6 is 0 Å². The van der Waals surface area contributed by atoms with Gasteiger partial charge in [0, 0.05) is 12.8 Å². The molecule has 0 aliphatic carbocycles. The number of esters is 2. The molecule has 0 aliphatic rings. The first-order valence-corrected chi connectivity index (χ1v) is 33.5. The van der Waals surface area contributed by atoms with E-state index in [1.807, 2.05) is 0 Å². The standard InChI is InChI=1S/C69H130O5/c1-3-5-7-9-11-13-15-17-19-21-23-25-27-29-31-32-33-34-35-36-38-40-42-44-46-48-50-52-54-56-58-60-62-64-69(72)74-67(65-70)66-73-68(71)63-61-59-57-55-53-51-49-47-45-43-41-39-37-30-28-26-24-22-20-18-16-14-12-10-8-6-4-2/h15,17,21,23,27,29,67,70H,3-14,16,18-20,22,24-26,28,30-66H2,1-2H3/b17-15-,23-21-,29-27-. The molecule has 1 N–H and O–H groups in total. The van der Waals surface area contributed by atoms with Crippen molar-refractivity contribution in [3.63, 3.8) is 0 Å². The fraction of sp³-hybridized carbons (Fsp3) is 0.884. The molecule has 0 bridgehead atoms. The van der Waals surface area contributed by atoms with Gasteiger partial charge in [-0.1, -0.05) is 346 Å². The molecule has 5 nitrogen and oxygen atoms in total. The lowest BCUT2D eigenvalue weighted by Crippen LogP contribution is -2.28. The summed E-state index contributed by atoms with van der Waals surface area (Å²) in [6.45, 7) is 4.19. The Morgan fingerprint density at radius 3 is 0.811 bits per heavy atom. The third-order valence-electron chi connectivity index (χ3n) is 15.4. The zero-order valence-electron chi connectivity index (χ0n) is 50.1. The van der Waals surface area contributed by atoms with Crippen LogP contribution in [0.3, 0.4) is 0 Å². The monoisotopic (exact) mass is 1040 g/mol. The zero-order chi connectivity index (χ0) is 53.4. The topological polar surface area (TPSA) is 72.8 Å². The van der Waals surface area contributed by atoms with Crippen LogP contribution in [0.25, 0.3) is 0 Å². The first-order chi connectivity index (χ1) is 36.6. The number of aliphatic hydroxyl groups is 1. The molecule has 0 rings (SSSR count). The lowest BCUT2D eigenvalue weighted by Gasteiger charge is -2.15. The van der Waals surface area contributed by atoms with E-state index in [1.165, 1.54) is 302 Å². The van der Waals surface area contributed by atoms with Crippen LogP contribution in [-0.2, 0) is 19.1 Å². The van der Waals surface area contributed by atoms with Crippen LogP contribution in [0.5, 0.6) is 0 Å². The Labute approximate surface area is 463 Å². The maximum atomic E-state index is 12.4. The summed E-state index contributed by atoms with van der Waals surface area (Å²) in [5.41, 5.74) is 0. The van der Waals surface area contributed by atoms with Crippen LogP contribution in [0, 0.1) is 0 Å². The molecule has 0 aliphatic heterocycles. The van der Waals surface area contributed by atoms with Gasteiger partial charge < -0.3 is 14.6 Å². The van der Waals surface area contributed by atoms with Crippen LogP contribution in [0.2, 0.25) is 0 Å². The van der Waals surface area contributed by atoms with E-state index in [4.69, 9.17) is 9.47 Å². The van der Waals surface area contributed by atoms with Crippen molar-refractivity contribution in [1.29, 1.82) is 0 Å². The van der Waals surface area contributed by atoms with Crippen molar-refractivity contribution in [3.05, 3.63) is 36.5 Å². The number of carbonyl (C=O) groups is 2. The molecule has 0 amide bonds. The molecule has 0 heterocycles. The van der Waals surface area contributed by atoms with Gasteiger partial charge in [0.15, 0.2) is 6.10 Å². The summed E-state index contributed by atoms with van der Waals surface area (Å²) < 4.78 is 10.8. The van der Waals surface area contributed by atoms with Gasteiger partial charge in [0.05, 0.1) is 6.61 Å². The normalized spacial score (nSPS) is 12.3. The Balaban J connectivity index is 3.40. The van der Waals surface area contributed by atoms with Gasteiger partial charge in [-0.3, -0.25) is 9.59 Å². The predicted molar refractivity (Wildman–Crippen MR) is 325 cm³/mol. The summed E-state index contributed by atoms with van der Waals surface area (Å²) in [7, 11) is 0. The van der Waals surface area contributed by atoms with Gasteiger partial charge in [0.2, 0.25) is 0 Å². The highest BCUT2D eigenvalue weighted by Gasteiger charge is 2.16. The van der Waals surface area contributed by atoms with Crippen LogP contribution in [0.1, 0.15) is 373 Å². The molecule has 1 unspecified atom stereocenters. The molecule has 436 valence electrons. The first kappa shape index (κ1) is 72.1. The molecule has 0 aromatic heterocycles. The van der Waals surface area contributed by atoms with Gasteiger partial charge in [-0.15, -0.1) is 0 Å². The average molecular weight is 1040 g/mol. The first-order valence-electron chi connectivity index (χ1n) is 33.5. The maximum absolute atomic E-state index is 12.4. The molecule has 0 saturated carbocycles. The van der Waals surface area contributed by atoms with E-state index in [-0.39, 0.29) is 25.2 Å². The second kappa shape index (κ2) is 65.4. The average Bonchev–Trinajstić information content (AvgIpc) is 3.40. The van der Waals surface area contributed by atoms with Crippen molar-refractivity contribution >= 4 is 11.9 Å². The molecule has 5 heteroatoms. The van der Waals surface area contributed by atoms with Gasteiger partial charge in [0.25, 0.3) is 0 Å². The number of ether oxygens (including phenoxy) is 2. The Bertz CT molecular complexity index is 1170. The Kier molecular flexibility index (Phi) is 63.7. The van der Waals surface area contributed by atoms with Crippen LogP contribution in [-0.4, -0.2) is 36.4 Å². The summed E-state index contributed by atoms with van der Waals surface area (Å²) in [6, 6.07) is 0. The molecule has 0 saturated heterocycles. The summed E-state index contributed by atoms with van der Waals surface area (Å²) >= 11 is 0. The van der Waals surface area contributed by atoms with E-state index in [0.717, 1.165) is 44.9 Å².